The van der Waals surface area contributed by atoms with Crippen LogP contribution in [0.25, 0.3) is 5.76 Å². The minimum absolute atomic E-state index is 0.0244. The van der Waals surface area contributed by atoms with E-state index in [1.54, 1.807) is 31.4 Å². The molecule has 1 fully saturated rings. The lowest BCUT2D eigenvalue weighted by molar-refractivity contribution is -0.140. The van der Waals surface area contributed by atoms with Crippen molar-refractivity contribution < 1.29 is 24.2 Å². The number of methoxy groups -OCH3 is 1. The van der Waals surface area contributed by atoms with Crippen molar-refractivity contribution in [1.29, 1.82) is 0 Å². The Bertz CT molecular complexity index is 871. The van der Waals surface area contributed by atoms with Gasteiger partial charge in [-0.2, -0.15) is 0 Å². The normalized spacial score (nSPS) is 18.9. The molecule has 1 aromatic heterocycles. The molecule has 1 aromatic carbocycles. The van der Waals surface area contributed by atoms with Gasteiger partial charge in [-0.15, -0.1) is 11.3 Å². The quantitative estimate of drug-likeness (QED) is 0.436. The van der Waals surface area contributed by atoms with Crippen molar-refractivity contribution in [2.75, 3.05) is 20.3 Å². The molecule has 0 bridgehead atoms. The van der Waals surface area contributed by atoms with Crippen molar-refractivity contribution in [3.63, 3.8) is 0 Å². The van der Waals surface area contributed by atoms with E-state index in [2.05, 4.69) is 0 Å². The summed E-state index contributed by atoms with van der Waals surface area (Å²) in [4.78, 5) is 27.8. The number of Topliss-reactive ketones (excluding diaryl/α,β-unsaturated/α-hetero) is 1. The van der Waals surface area contributed by atoms with E-state index in [9.17, 15) is 14.7 Å². The van der Waals surface area contributed by atoms with Gasteiger partial charge in [-0.05, 0) is 49.6 Å². The topological polar surface area (TPSA) is 76.1 Å². The number of benzene rings is 1. The lowest BCUT2D eigenvalue weighted by Gasteiger charge is -2.24. The van der Waals surface area contributed by atoms with Crippen molar-refractivity contribution in [1.82, 2.24) is 4.90 Å². The third-order valence-electron chi connectivity index (χ3n) is 4.50. The number of likely N-dealkylation sites (tertiary alicyclic amines) is 1. The van der Waals surface area contributed by atoms with Gasteiger partial charge in [-0.3, -0.25) is 9.59 Å². The predicted octanol–water partition coefficient (Wildman–Crippen LogP) is 3.60. The molecule has 28 heavy (non-hydrogen) atoms. The van der Waals surface area contributed by atoms with E-state index < -0.39 is 17.7 Å². The van der Waals surface area contributed by atoms with Gasteiger partial charge in [0.05, 0.1) is 31.4 Å². The number of nitrogens with zero attached hydrogens (tertiary/aromatic N) is 1. The summed E-state index contributed by atoms with van der Waals surface area (Å²) in [5.74, 6) is -0.860. The maximum absolute atomic E-state index is 12.8. The molecule has 2 aromatic rings. The Labute approximate surface area is 168 Å². The van der Waals surface area contributed by atoms with Gasteiger partial charge in [0, 0.05) is 17.0 Å². The molecule has 6 nitrogen and oxygen atoms in total. The number of amides is 1. The summed E-state index contributed by atoms with van der Waals surface area (Å²) < 4.78 is 10.7. The number of hydrogen-bond acceptors (Lipinski definition) is 6. The molecule has 3 rings (SSSR count). The molecule has 7 heteroatoms. The number of aliphatic hydroxyl groups excluding tert-OH is 1. The number of ketones is 1. The van der Waals surface area contributed by atoms with Crippen LogP contribution in [-0.4, -0.2) is 48.1 Å². The van der Waals surface area contributed by atoms with E-state index in [-0.39, 0.29) is 24.0 Å². The van der Waals surface area contributed by atoms with Gasteiger partial charge in [0.2, 0.25) is 0 Å². The molecule has 0 spiro atoms. The van der Waals surface area contributed by atoms with Crippen LogP contribution in [0.3, 0.4) is 0 Å². The van der Waals surface area contributed by atoms with E-state index in [0.717, 1.165) is 4.88 Å². The van der Waals surface area contributed by atoms with Crippen LogP contribution in [0.1, 0.15) is 30.3 Å². The van der Waals surface area contributed by atoms with Gasteiger partial charge < -0.3 is 19.5 Å². The second-order valence-electron chi connectivity index (χ2n) is 6.66. The fourth-order valence-corrected chi connectivity index (χ4v) is 3.99. The molecule has 1 saturated heterocycles. The van der Waals surface area contributed by atoms with Crippen molar-refractivity contribution in [2.45, 2.75) is 26.0 Å². The van der Waals surface area contributed by atoms with Gasteiger partial charge in [0.1, 0.15) is 11.5 Å². The molecule has 1 amide bonds. The minimum atomic E-state index is -0.684. The number of carbonyl (C=O) groups is 2. The van der Waals surface area contributed by atoms with Crippen LogP contribution in [0, 0.1) is 0 Å². The zero-order chi connectivity index (χ0) is 20.3. The van der Waals surface area contributed by atoms with Crippen LogP contribution in [0.4, 0.5) is 0 Å². The molecule has 1 N–H and O–H groups in total. The van der Waals surface area contributed by atoms with Crippen LogP contribution in [0.15, 0.2) is 47.4 Å². The van der Waals surface area contributed by atoms with Crippen molar-refractivity contribution in [3.8, 4) is 5.75 Å². The second kappa shape index (κ2) is 8.58. The van der Waals surface area contributed by atoms with Crippen LogP contribution in [-0.2, 0) is 14.3 Å². The molecule has 0 radical (unpaired) electrons. The lowest BCUT2D eigenvalue weighted by Crippen LogP contribution is -2.33. The first-order chi connectivity index (χ1) is 13.4. The average molecular weight is 401 g/mol. The maximum atomic E-state index is 12.8. The lowest BCUT2D eigenvalue weighted by atomic mass is 10.00. The molecular weight excluding hydrogens is 378 g/mol. The monoisotopic (exact) mass is 401 g/mol. The second-order valence-corrected chi connectivity index (χ2v) is 7.64. The average Bonchev–Trinajstić information content (AvgIpc) is 3.29. The van der Waals surface area contributed by atoms with Crippen LogP contribution in [0.5, 0.6) is 5.75 Å². The van der Waals surface area contributed by atoms with Gasteiger partial charge in [0.25, 0.3) is 11.7 Å². The first-order valence-corrected chi connectivity index (χ1v) is 9.89. The molecule has 1 aliphatic rings. The van der Waals surface area contributed by atoms with E-state index in [4.69, 9.17) is 9.47 Å². The van der Waals surface area contributed by atoms with Gasteiger partial charge in [-0.25, -0.2) is 0 Å². The summed E-state index contributed by atoms with van der Waals surface area (Å²) in [6.07, 6.45) is 0.0244. The first kappa shape index (κ1) is 20.1. The van der Waals surface area contributed by atoms with E-state index in [1.807, 2.05) is 31.4 Å². The SMILES string of the molecule is COc1ccc(/C(O)=C2/C(=O)C(=O)N(CCOC(C)C)C2c2cccs2)cc1. The molecule has 0 saturated carbocycles. The highest BCUT2D eigenvalue weighted by Crippen LogP contribution is 2.41. The summed E-state index contributed by atoms with van der Waals surface area (Å²) >= 11 is 1.44. The Kier molecular flexibility index (Phi) is 6.16. The zero-order valence-corrected chi connectivity index (χ0v) is 16.9. The van der Waals surface area contributed by atoms with E-state index >= 15 is 0 Å². The fourth-order valence-electron chi connectivity index (χ4n) is 3.14. The molecule has 148 valence electrons. The maximum Gasteiger partial charge on any atom is 0.295 e. The largest absolute Gasteiger partial charge is 0.507 e. The summed E-state index contributed by atoms with van der Waals surface area (Å²) in [5, 5.41) is 12.8. The number of rotatable bonds is 7. The minimum Gasteiger partial charge on any atom is -0.507 e. The molecule has 1 unspecified atom stereocenters. The summed E-state index contributed by atoms with van der Waals surface area (Å²) in [7, 11) is 1.55. The number of carbonyl (C=O) groups excluding carboxylic acids is 2. The highest BCUT2D eigenvalue weighted by atomic mass is 32.1. The van der Waals surface area contributed by atoms with Gasteiger partial charge in [-0.1, -0.05) is 6.07 Å². The predicted molar refractivity (Wildman–Crippen MR) is 107 cm³/mol. The zero-order valence-electron chi connectivity index (χ0n) is 16.0. The fraction of sp³-hybridized carbons (Fsp3) is 0.333. The Morgan fingerprint density at radius 1 is 1.21 bits per heavy atom. The van der Waals surface area contributed by atoms with E-state index in [0.29, 0.717) is 17.9 Å². The summed E-state index contributed by atoms with van der Waals surface area (Å²) in [6.45, 7) is 4.41. The molecule has 0 aliphatic carbocycles. The molecule has 1 atom stereocenters. The van der Waals surface area contributed by atoms with Crippen molar-refractivity contribution >= 4 is 28.8 Å². The number of thiophene rings is 1. The Balaban J connectivity index is 2.01. The summed E-state index contributed by atoms with van der Waals surface area (Å²) in [6, 6.07) is 9.81. The first-order valence-electron chi connectivity index (χ1n) is 9.02. The Morgan fingerprint density at radius 3 is 2.50 bits per heavy atom. The van der Waals surface area contributed by atoms with Gasteiger partial charge in [0.15, 0.2) is 0 Å². The van der Waals surface area contributed by atoms with E-state index in [1.165, 1.54) is 16.2 Å². The van der Waals surface area contributed by atoms with Crippen LogP contribution < -0.4 is 4.74 Å². The highest BCUT2D eigenvalue weighted by Gasteiger charge is 2.46. The third kappa shape index (κ3) is 3.95. The summed E-state index contributed by atoms with van der Waals surface area (Å²) in [5.41, 5.74) is 0.556. The molecular formula is C21H23NO5S. The van der Waals surface area contributed by atoms with Crippen LogP contribution in [0.2, 0.25) is 0 Å². The number of aliphatic hydroxyl groups is 1. The van der Waals surface area contributed by atoms with Crippen molar-refractivity contribution in [2.24, 2.45) is 0 Å². The van der Waals surface area contributed by atoms with Crippen LogP contribution >= 0.6 is 11.3 Å². The number of ether oxygens (including phenoxy) is 2. The smallest absolute Gasteiger partial charge is 0.295 e. The number of hydrogen-bond donors (Lipinski definition) is 1. The van der Waals surface area contributed by atoms with Crippen molar-refractivity contribution in [3.05, 3.63) is 57.8 Å². The molecule has 2 heterocycles. The molecule has 1 aliphatic heterocycles. The van der Waals surface area contributed by atoms with Gasteiger partial charge >= 0.3 is 0 Å². The standard InChI is InChI=1S/C21H23NO5S/c1-13(2)27-11-10-22-18(16-5-4-12-28-16)17(20(24)21(22)25)19(23)14-6-8-15(26-3)9-7-14/h4-9,12-13,18,23H,10-11H2,1-3H3/b19-17-. The highest BCUT2D eigenvalue weighted by molar-refractivity contribution is 7.10. The third-order valence-corrected chi connectivity index (χ3v) is 5.42. The Hall–Kier alpha value is -2.64. The Morgan fingerprint density at radius 2 is 1.93 bits per heavy atom.